The van der Waals surface area contributed by atoms with E-state index in [2.05, 4.69) is 0 Å². The highest BCUT2D eigenvalue weighted by Gasteiger charge is 2.28. The van der Waals surface area contributed by atoms with E-state index in [1.165, 1.54) is 16.4 Å². The molecule has 0 heterocycles. The number of hydrogen-bond donors (Lipinski definition) is 0. The van der Waals surface area contributed by atoms with Crippen LogP contribution >= 0.6 is 11.6 Å². The maximum absolute atomic E-state index is 13.5. The second-order valence-corrected chi connectivity index (χ2v) is 11.3. The first-order valence-electron chi connectivity index (χ1n) is 9.25. The zero-order valence-electron chi connectivity index (χ0n) is 16.4. The van der Waals surface area contributed by atoms with Crippen molar-refractivity contribution in [2.75, 3.05) is 12.8 Å². The molecule has 0 bridgehead atoms. The average molecular weight is 464 g/mol. The van der Waals surface area contributed by atoms with Crippen LogP contribution in [0.1, 0.15) is 11.1 Å². The summed E-state index contributed by atoms with van der Waals surface area (Å²) in [7, 11) is -7.63. The normalized spacial score (nSPS) is 12.2. The van der Waals surface area contributed by atoms with Gasteiger partial charge < -0.3 is 0 Å². The minimum atomic E-state index is -4.05. The largest absolute Gasteiger partial charge is 0.244 e. The number of hydrogen-bond acceptors (Lipinski definition) is 4. The fraction of sp³-hybridized carbons (Fsp3) is 0.182. The lowest BCUT2D eigenvalue weighted by atomic mass is 10.1. The first kappa shape index (κ1) is 22.5. The number of rotatable bonds is 8. The van der Waals surface area contributed by atoms with Crippen molar-refractivity contribution in [3.63, 3.8) is 0 Å². The Balaban J connectivity index is 2.00. The standard InChI is InChI=1S/C22H22ClNO4S2/c1-29(25,26)20-12-13-21(23)22(16-20)30(27,28)24(17-19-10-6-3-7-11-19)15-14-18-8-4-2-5-9-18/h2-13,16H,14-15,17H2,1H3. The predicted molar refractivity (Wildman–Crippen MR) is 119 cm³/mol. The highest BCUT2D eigenvalue weighted by molar-refractivity contribution is 7.91. The molecule has 3 aromatic rings. The van der Waals surface area contributed by atoms with Gasteiger partial charge in [0.25, 0.3) is 0 Å². The van der Waals surface area contributed by atoms with E-state index in [0.29, 0.717) is 6.42 Å². The molecule has 0 N–H and O–H groups in total. The number of sulfonamides is 1. The topological polar surface area (TPSA) is 71.5 Å². The van der Waals surface area contributed by atoms with Crippen molar-refractivity contribution in [3.8, 4) is 0 Å². The quantitative estimate of drug-likeness (QED) is 0.502. The summed E-state index contributed by atoms with van der Waals surface area (Å²) in [6, 6.07) is 22.6. The first-order valence-corrected chi connectivity index (χ1v) is 13.0. The molecule has 8 heteroatoms. The molecule has 0 aliphatic heterocycles. The van der Waals surface area contributed by atoms with Gasteiger partial charge in [0.2, 0.25) is 10.0 Å². The van der Waals surface area contributed by atoms with Gasteiger partial charge in [-0.3, -0.25) is 0 Å². The van der Waals surface area contributed by atoms with Crippen LogP contribution in [0.4, 0.5) is 0 Å². The van der Waals surface area contributed by atoms with Crippen molar-refractivity contribution in [1.29, 1.82) is 0 Å². The van der Waals surface area contributed by atoms with E-state index in [1.807, 2.05) is 60.7 Å². The third-order valence-electron chi connectivity index (χ3n) is 4.64. The van der Waals surface area contributed by atoms with Crippen LogP contribution < -0.4 is 0 Å². The van der Waals surface area contributed by atoms with E-state index in [4.69, 9.17) is 11.6 Å². The van der Waals surface area contributed by atoms with Crippen molar-refractivity contribution in [2.24, 2.45) is 0 Å². The molecular formula is C22H22ClNO4S2. The third-order valence-corrected chi connectivity index (χ3v) is 8.08. The van der Waals surface area contributed by atoms with Gasteiger partial charge in [-0.25, -0.2) is 16.8 Å². The maximum Gasteiger partial charge on any atom is 0.244 e. The van der Waals surface area contributed by atoms with Gasteiger partial charge in [0.1, 0.15) is 4.90 Å². The zero-order chi connectivity index (χ0) is 21.8. The fourth-order valence-electron chi connectivity index (χ4n) is 3.02. The van der Waals surface area contributed by atoms with E-state index < -0.39 is 19.9 Å². The Morgan fingerprint density at radius 1 is 0.800 bits per heavy atom. The van der Waals surface area contributed by atoms with Crippen LogP contribution in [-0.2, 0) is 32.8 Å². The molecule has 0 fully saturated rings. The van der Waals surface area contributed by atoms with Gasteiger partial charge in [0.15, 0.2) is 9.84 Å². The summed E-state index contributed by atoms with van der Waals surface area (Å²) in [5.74, 6) is 0. The Morgan fingerprint density at radius 3 is 1.93 bits per heavy atom. The van der Waals surface area contributed by atoms with Gasteiger partial charge in [0, 0.05) is 19.3 Å². The molecular weight excluding hydrogens is 442 g/mol. The molecule has 158 valence electrons. The van der Waals surface area contributed by atoms with Gasteiger partial charge in [0.05, 0.1) is 9.92 Å². The zero-order valence-corrected chi connectivity index (χ0v) is 18.8. The molecule has 0 radical (unpaired) electrons. The second kappa shape index (κ2) is 9.31. The average Bonchev–Trinajstić information content (AvgIpc) is 2.72. The first-order chi connectivity index (χ1) is 14.2. The van der Waals surface area contributed by atoms with Crippen molar-refractivity contribution in [1.82, 2.24) is 4.31 Å². The van der Waals surface area contributed by atoms with E-state index in [9.17, 15) is 16.8 Å². The summed E-state index contributed by atoms with van der Waals surface area (Å²) in [4.78, 5) is -0.302. The molecule has 0 aromatic heterocycles. The highest BCUT2D eigenvalue weighted by Crippen LogP contribution is 2.28. The molecule has 0 spiro atoms. The smallest absolute Gasteiger partial charge is 0.224 e. The highest BCUT2D eigenvalue weighted by atomic mass is 35.5. The molecule has 0 aliphatic rings. The van der Waals surface area contributed by atoms with Crippen molar-refractivity contribution >= 4 is 31.5 Å². The molecule has 0 amide bonds. The Labute approximate surface area is 182 Å². The third kappa shape index (κ3) is 5.49. The monoisotopic (exact) mass is 463 g/mol. The van der Waals surface area contributed by atoms with E-state index in [0.717, 1.165) is 23.4 Å². The number of halogens is 1. The summed E-state index contributed by atoms with van der Waals surface area (Å²) < 4.78 is 52.2. The van der Waals surface area contributed by atoms with Crippen LogP contribution in [-0.4, -0.2) is 33.9 Å². The number of nitrogens with zero attached hydrogens (tertiary/aromatic N) is 1. The lowest BCUT2D eigenvalue weighted by molar-refractivity contribution is 0.409. The predicted octanol–water partition coefficient (Wildman–Crippen LogP) is 4.18. The Bertz CT molecular complexity index is 1210. The molecule has 3 rings (SSSR count). The van der Waals surface area contributed by atoms with Crippen LogP contribution in [0.25, 0.3) is 0 Å². The molecule has 5 nitrogen and oxygen atoms in total. The minimum Gasteiger partial charge on any atom is -0.224 e. The molecule has 0 unspecified atom stereocenters. The lowest BCUT2D eigenvalue weighted by Gasteiger charge is -2.23. The van der Waals surface area contributed by atoms with Crippen LogP contribution in [0, 0.1) is 0 Å². The molecule has 0 atom stereocenters. The summed E-state index contributed by atoms with van der Waals surface area (Å²) >= 11 is 6.19. The molecule has 30 heavy (non-hydrogen) atoms. The molecule has 0 aliphatic carbocycles. The van der Waals surface area contributed by atoms with Crippen LogP contribution in [0.5, 0.6) is 0 Å². The van der Waals surface area contributed by atoms with Crippen molar-refractivity contribution in [3.05, 3.63) is 95.0 Å². The summed E-state index contributed by atoms with van der Waals surface area (Å²) in [6.07, 6.45) is 1.54. The van der Waals surface area contributed by atoms with Gasteiger partial charge >= 0.3 is 0 Å². The Hall–Kier alpha value is -2.19. The lowest BCUT2D eigenvalue weighted by Crippen LogP contribution is -2.33. The SMILES string of the molecule is CS(=O)(=O)c1ccc(Cl)c(S(=O)(=O)N(CCc2ccccc2)Cc2ccccc2)c1. The van der Waals surface area contributed by atoms with Gasteiger partial charge in [-0.2, -0.15) is 4.31 Å². The maximum atomic E-state index is 13.5. The summed E-state index contributed by atoms with van der Waals surface area (Å²) in [5, 5.41) is -0.0137. The fourth-order valence-corrected chi connectivity index (χ4v) is 5.67. The molecule has 0 saturated heterocycles. The number of sulfone groups is 1. The van der Waals surface area contributed by atoms with Gasteiger partial charge in [-0.15, -0.1) is 0 Å². The van der Waals surface area contributed by atoms with E-state index in [1.54, 1.807) is 0 Å². The van der Waals surface area contributed by atoms with Crippen LogP contribution in [0.2, 0.25) is 5.02 Å². The van der Waals surface area contributed by atoms with Gasteiger partial charge in [-0.05, 0) is 35.7 Å². The van der Waals surface area contributed by atoms with Crippen molar-refractivity contribution < 1.29 is 16.8 Å². The second-order valence-electron chi connectivity index (χ2n) is 6.92. The summed E-state index contributed by atoms with van der Waals surface area (Å²) in [6.45, 7) is 0.371. The Kier molecular flexibility index (Phi) is 6.98. The van der Waals surface area contributed by atoms with E-state index in [-0.39, 0.29) is 27.9 Å². The molecule has 3 aromatic carbocycles. The number of benzene rings is 3. The van der Waals surface area contributed by atoms with Crippen LogP contribution in [0.15, 0.2) is 88.7 Å². The Morgan fingerprint density at radius 2 is 1.37 bits per heavy atom. The molecule has 0 saturated carbocycles. The minimum absolute atomic E-state index is 0.0137. The van der Waals surface area contributed by atoms with Crippen molar-refractivity contribution in [2.45, 2.75) is 22.8 Å². The van der Waals surface area contributed by atoms with Gasteiger partial charge in [-0.1, -0.05) is 72.3 Å². The van der Waals surface area contributed by atoms with E-state index >= 15 is 0 Å². The summed E-state index contributed by atoms with van der Waals surface area (Å²) in [5.41, 5.74) is 1.83. The van der Waals surface area contributed by atoms with Crippen LogP contribution in [0.3, 0.4) is 0 Å².